The highest BCUT2D eigenvalue weighted by molar-refractivity contribution is 8.03. The summed E-state index contributed by atoms with van der Waals surface area (Å²) in [5.41, 5.74) is 5.37. The van der Waals surface area contributed by atoms with Crippen LogP contribution >= 0.6 is 23.4 Å². The molecule has 40 heavy (non-hydrogen) atoms. The van der Waals surface area contributed by atoms with Gasteiger partial charge in [-0.05, 0) is 60.7 Å². The molecular weight excluding hydrogens is 542 g/mol. The van der Waals surface area contributed by atoms with Crippen LogP contribution in [-0.2, 0) is 16.2 Å². The average Bonchev–Trinajstić information content (AvgIpc) is 2.97. The van der Waals surface area contributed by atoms with Crippen LogP contribution in [0.4, 0.5) is 5.69 Å². The molecule has 1 atom stereocenters. The number of hydrogen-bond acceptors (Lipinski definition) is 6. The fourth-order valence-electron chi connectivity index (χ4n) is 4.92. The van der Waals surface area contributed by atoms with Crippen LogP contribution in [0.1, 0.15) is 41.9 Å². The number of nitrogens with one attached hydrogen (secondary N) is 2. The molecule has 202 valence electrons. The minimum atomic E-state index is -0.502. The molecule has 3 aromatic carbocycles. The van der Waals surface area contributed by atoms with Crippen molar-refractivity contribution in [1.82, 2.24) is 5.32 Å². The molecule has 8 heteroatoms. The second-order valence-corrected chi connectivity index (χ2v) is 11.1. The lowest BCUT2D eigenvalue weighted by atomic mass is 9.77. The Bertz CT molecular complexity index is 1540. The molecule has 0 unspecified atom stereocenters. The van der Waals surface area contributed by atoms with Crippen molar-refractivity contribution in [2.24, 2.45) is 0 Å². The third kappa shape index (κ3) is 6.25. The number of nitrogens with zero attached hydrogens (tertiary/aromatic N) is 1. The number of ketones is 1. The SMILES string of the molecule is Cc1ccc(Cl)cc1NC(=O)CSC1=C(C#N)[C@@H](c2ccc(OCc3ccccc3)cc2)C2=C(CCCC2=O)N1. The Labute approximate surface area is 243 Å². The lowest BCUT2D eigenvalue weighted by Gasteiger charge is -2.33. The Morgan fingerprint density at radius 1 is 1.12 bits per heavy atom. The van der Waals surface area contributed by atoms with E-state index < -0.39 is 5.92 Å². The number of rotatable bonds is 8. The van der Waals surface area contributed by atoms with E-state index in [0.717, 1.165) is 28.8 Å². The van der Waals surface area contributed by atoms with Crippen LogP contribution in [0, 0.1) is 18.3 Å². The molecule has 2 aliphatic rings. The van der Waals surface area contributed by atoms with Gasteiger partial charge in [-0.3, -0.25) is 9.59 Å². The second-order valence-electron chi connectivity index (χ2n) is 9.72. The summed E-state index contributed by atoms with van der Waals surface area (Å²) in [5.74, 6) is 0.135. The van der Waals surface area contributed by atoms with E-state index in [0.29, 0.717) is 52.1 Å². The van der Waals surface area contributed by atoms with Gasteiger partial charge in [0.15, 0.2) is 5.78 Å². The summed E-state index contributed by atoms with van der Waals surface area (Å²) in [6.45, 7) is 2.34. The molecule has 1 amide bonds. The standard InChI is InChI=1S/C32H28ClN3O3S/c1-20-10-13-23(33)16-27(20)35-29(38)19-40-32-25(17-34)30(31-26(36-32)8-5-9-28(31)37)22-11-14-24(15-12-22)39-18-21-6-3-2-4-7-21/h2-4,6-7,10-16,30,36H,5,8-9,18-19H2,1H3,(H,35,38)/t30-/m1/s1. The van der Waals surface area contributed by atoms with Gasteiger partial charge in [-0.1, -0.05) is 71.9 Å². The van der Waals surface area contributed by atoms with Crippen LogP contribution < -0.4 is 15.4 Å². The van der Waals surface area contributed by atoms with Crippen LogP contribution in [0.15, 0.2) is 94.7 Å². The average molecular weight is 570 g/mol. The van der Waals surface area contributed by atoms with Crippen molar-refractivity contribution in [3.8, 4) is 11.8 Å². The van der Waals surface area contributed by atoms with E-state index in [9.17, 15) is 14.9 Å². The third-order valence-electron chi connectivity index (χ3n) is 6.95. The fraction of sp³-hybridized carbons (Fsp3) is 0.219. The van der Waals surface area contributed by atoms with Crippen molar-refractivity contribution in [3.63, 3.8) is 0 Å². The van der Waals surface area contributed by atoms with Crippen molar-refractivity contribution in [2.75, 3.05) is 11.1 Å². The van der Waals surface area contributed by atoms with E-state index in [2.05, 4.69) is 16.7 Å². The number of ether oxygens (including phenoxy) is 1. The van der Waals surface area contributed by atoms with Gasteiger partial charge in [-0.2, -0.15) is 5.26 Å². The van der Waals surface area contributed by atoms with Crippen LogP contribution in [0.5, 0.6) is 5.75 Å². The Morgan fingerprint density at radius 2 is 1.90 bits per heavy atom. The summed E-state index contributed by atoms with van der Waals surface area (Å²) < 4.78 is 5.94. The van der Waals surface area contributed by atoms with Crippen molar-refractivity contribution < 1.29 is 14.3 Å². The number of carbonyl (C=O) groups excluding carboxylic acids is 2. The maximum absolute atomic E-state index is 13.1. The summed E-state index contributed by atoms with van der Waals surface area (Å²) in [7, 11) is 0. The van der Waals surface area contributed by atoms with Crippen LogP contribution in [0.25, 0.3) is 0 Å². The number of anilines is 1. The minimum absolute atomic E-state index is 0.0501. The van der Waals surface area contributed by atoms with E-state index in [1.807, 2.05) is 67.6 Å². The molecule has 0 spiro atoms. The Morgan fingerprint density at radius 3 is 2.65 bits per heavy atom. The molecule has 1 aliphatic heterocycles. The van der Waals surface area contributed by atoms with Gasteiger partial charge < -0.3 is 15.4 Å². The maximum Gasteiger partial charge on any atom is 0.234 e. The molecule has 5 rings (SSSR count). The molecule has 0 fully saturated rings. The summed E-state index contributed by atoms with van der Waals surface area (Å²) in [4.78, 5) is 25.9. The van der Waals surface area contributed by atoms with Crippen molar-refractivity contribution in [2.45, 2.75) is 38.7 Å². The van der Waals surface area contributed by atoms with Crippen LogP contribution in [0.2, 0.25) is 5.02 Å². The Kier molecular flexibility index (Phi) is 8.59. The molecule has 0 radical (unpaired) electrons. The van der Waals surface area contributed by atoms with Gasteiger partial charge >= 0.3 is 0 Å². The summed E-state index contributed by atoms with van der Waals surface area (Å²) in [5, 5.41) is 17.6. The molecule has 0 bridgehead atoms. The molecule has 6 nitrogen and oxygen atoms in total. The fourth-order valence-corrected chi connectivity index (χ4v) is 5.96. The van der Waals surface area contributed by atoms with Gasteiger partial charge in [0.1, 0.15) is 12.4 Å². The smallest absolute Gasteiger partial charge is 0.234 e. The zero-order chi connectivity index (χ0) is 28.1. The molecule has 2 N–H and O–H groups in total. The predicted molar refractivity (Wildman–Crippen MR) is 159 cm³/mol. The van der Waals surface area contributed by atoms with Crippen LogP contribution in [0.3, 0.4) is 0 Å². The molecule has 1 aliphatic carbocycles. The largest absolute Gasteiger partial charge is 0.489 e. The monoisotopic (exact) mass is 569 g/mol. The molecule has 3 aromatic rings. The number of dihydropyridines is 1. The van der Waals surface area contributed by atoms with Gasteiger partial charge in [0.05, 0.1) is 28.3 Å². The van der Waals surface area contributed by atoms with Crippen molar-refractivity contribution in [1.29, 1.82) is 5.26 Å². The number of carbonyl (C=O) groups is 2. The van der Waals surface area contributed by atoms with E-state index in [-0.39, 0.29) is 17.4 Å². The lowest BCUT2D eigenvalue weighted by molar-refractivity contribution is -0.116. The van der Waals surface area contributed by atoms with Crippen LogP contribution in [-0.4, -0.2) is 17.4 Å². The number of amides is 1. The summed E-state index contributed by atoms with van der Waals surface area (Å²) in [6, 6.07) is 25.2. The highest BCUT2D eigenvalue weighted by Gasteiger charge is 2.37. The minimum Gasteiger partial charge on any atom is -0.489 e. The summed E-state index contributed by atoms with van der Waals surface area (Å²) in [6.07, 6.45) is 1.92. The normalized spacial score (nSPS) is 16.6. The van der Waals surface area contributed by atoms with Gasteiger partial charge in [0, 0.05) is 28.4 Å². The first kappa shape index (κ1) is 27.6. The molecule has 0 aromatic heterocycles. The second kappa shape index (κ2) is 12.5. The number of hydrogen-bond donors (Lipinski definition) is 2. The van der Waals surface area contributed by atoms with E-state index in [1.54, 1.807) is 12.1 Å². The number of aryl methyl sites for hydroxylation is 1. The van der Waals surface area contributed by atoms with Gasteiger partial charge in [-0.15, -0.1) is 0 Å². The van der Waals surface area contributed by atoms with Crippen molar-refractivity contribution >= 4 is 40.7 Å². The topological polar surface area (TPSA) is 91.2 Å². The quantitative estimate of drug-likeness (QED) is 0.303. The summed E-state index contributed by atoms with van der Waals surface area (Å²) >= 11 is 7.36. The molecule has 0 saturated carbocycles. The van der Waals surface area contributed by atoms with Gasteiger partial charge in [0.2, 0.25) is 5.91 Å². The number of thioether (sulfide) groups is 1. The van der Waals surface area contributed by atoms with E-state index in [1.165, 1.54) is 11.8 Å². The first-order valence-corrected chi connectivity index (χ1v) is 14.4. The number of nitriles is 1. The Hall–Kier alpha value is -3.99. The van der Waals surface area contributed by atoms with Crippen molar-refractivity contribution in [3.05, 3.63) is 116 Å². The van der Waals surface area contributed by atoms with Gasteiger partial charge in [0.25, 0.3) is 0 Å². The third-order valence-corrected chi connectivity index (χ3v) is 8.20. The van der Waals surface area contributed by atoms with E-state index in [4.69, 9.17) is 16.3 Å². The molecular formula is C32H28ClN3O3S. The molecule has 1 heterocycles. The first-order chi connectivity index (χ1) is 19.4. The highest BCUT2D eigenvalue weighted by Crippen LogP contribution is 2.44. The zero-order valence-corrected chi connectivity index (χ0v) is 23.6. The lowest BCUT2D eigenvalue weighted by Crippen LogP contribution is -2.31. The number of benzene rings is 3. The Balaban J connectivity index is 1.37. The van der Waals surface area contributed by atoms with E-state index >= 15 is 0 Å². The maximum atomic E-state index is 13.1. The number of Topliss-reactive ketones (excluding diaryl/α,β-unsaturated/α-hetero) is 1. The number of allylic oxidation sites excluding steroid dienone is 3. The highest BCUT2D eigenvalue weighted by atomic mass is 35.5. The molecule has 0 saturated heterocycles. The predicted octanol–water partition coefficient (Wildman–Crippen LogP) is 7.03. The van der Waals surface area contributed by atoms with Gasteiger partial charge in [-0.25, -0.2) is 0 Å². The zero-order valence-electron chi connectivity index (χ0n) is 22.0. The first-order valence-electron chi connectivity index (χ1n) is 13.1. The number of halogens is 1.